The summed E-state index contributed by atoms with van der Waals surface area (Å²) in [4.78, 5) is 10.6. The summed E-state index contributed by atoms with van der Waals surface area (Å²) in [5, 5.41) is 24.6. The number of benzene rings is 1. The molecule has 1 aromatic rings. The molecular formula is C14H20N2O3S. The zero-order chi connectivity index (χ0) is 14.8. The second kappa shape index (κ2) is 6.11. The molecule has 1 heterocycles. The van der Waals surface area contributed by atoms with Gasteiger partial charge in [-0.1, -0.05) is 12.1 Å². The van der Waals surface area contributed by atoms with Gasteiger partial charge in [0.15, 0.2) is 0 Å². The van der Waals surface area contributed by atoms with Crippen molar-refractivity contribution in [2.24, 2.45) is 0 Å². The molecule has 5 nitrogen and oxygen atoms in total. The highest BCUT2D eigenvalue weighted by Gasteiger charge is 2.32. The fraction of sp³-hybridized carbons (Fsp3) is 0.571. The zero-order valence-electron chi connectivity index (χ0n) is 11.8. The van der Waals surface area contributed by atoms with E-state index in [1.807, 2.05) is 13.0 Å². The van der Waals surface area contributed by atoms with E-state index in [2.05, 4.69) is 5.32 Å². The molecule has 0 aromatic heterocycles. The van der Waals surface area contributed by atoms with Gasteiger partial charge < -0.3 is 10.4 Å². The summed E-state index contributed by atoms with van der Waals surface area (Å²) in [5.74, 6) is 1.74. The van der Waals surface area contributed by atoms with E-state index < -0.39 is 5.60 Å². The van der Waals surface area contributed by atoms with Crippen LogP contribution in [0.1, 0.15) is 30.5 Å². The van der Waals surface area contributed by atoms with Gasteiger partial charge in [0.25, 0.3) is 5.69 Å². The monoisotopic (exact) mass is 296 g/mol. The van der Waals surface area contributed by atoms with Crippen molar-refractivity contribution >= 4 is 17.4 Å². The Hall–Kier alpha value is -1.11. The minimum atomic E-state index is -0.645. The molecule has 1 aliphatic heterocycles. The van der Waals surface area contributed by atoms with E-state index in [0.717, 1.165) is 23.5 Å². The lowest BCUT2D eigenvalue weighted by atomic mass is 9.99. The molecule has 0 spiro atoms. The van der Waals surface area contributed by atoms with E-state index in [0.29, 0.717) is 12.1 Å². The number of aliphatic hydroxyl groups is 1. The molecule has 0 aliphatic carbocycles. The Kier molecular flexibility index (Phi) is 4.67. The normalized spacial score (nSPS) is 23.8. The Bertz CT molecular complexity index is 501. The van der Waals surface area contributed by atoms with E-state index in [1.165, 1.54) is 6.07 Å². The largest absolute Gasteiger partial charge is 0.388 e. The van der Waals surface area contributed by atoms with Crippen LogP contribution in [0, 0.1) is 17.0 Å². The number of hydrogen-bond acceptors (Lipinski definition) is 5. The molecule has 1 aromatic carbocycles. The fourth-order valence-corrected chi connectivity index (χ4v) is 3.79. The van der Waals surface area contributed by atoms with Crippen molar-refractivity contribution in [2.75, 3.05) is 18.1 Å². The van der Waals surface area contributed by atoms with Gasteiger partial charge in [-0.2, -0.15) is 11.8 Å². The first-order chi connectivity index (χ1) is 9.43. The number of thioether (sulfide) groups is 1. The predicted molar refractivity (Wildman–Crippen MR) is 81.1 cm³/mol. The first-order valence-corrected chi connectivity index (χ1v) is 7.86. The standard InChI is InChI=1S/C14H20N2O3S/c1-10-12(4-3-5-13(10)16(18)19)11(2)15-8-14(17)6-7-20-9-14/h3-5,11,15,17H,6-9H2,1-2H3. The molecule has 20 heavy (non-hydrogen) atoms. The van der Waals surface area contributed by atoms with Crippen molar-refractivity contribution in [3.05, 3.63) is 39.4 Å². The number of nitro benzene ring substituents is 1. The number of nitrogens with one attached hydrogen (secondary N) is 1. The third-order valence-electron chi connectivity index (χ3n) is 3.83. The Balaban J connectivity index is 2.07. The van der Waals surface area contributed by atoms with Crippen molar-refractivity contribution in [1.82, 2.24) is 5.32 Å². The summed E-state index contributed by atoms with van der Waals surface area (Å²) in [7, 11) is 0. The van der Waals surface area contributed by atoms with Crippen LogP contribution in [0.5, 0.6) is 0 Å². The lowest BCUT2D eigenvalue weighted by Gasteiger charge is -2.25. The zero-order valence-corrected chi connectivity index (χ0v) is 12.6. The van der Waals surface area contributed by atoms with E-state index >= 15 is 0 Å². The van der Waals surface area contributed by atoms with Gasteiger partial charge in [-0.25, -0.2) is 0 Å². The minimum Gasteiger partial charge on any atom is -0.388 e. The maximum atomic E-state index is 11.0. The average Bonchev–Trinajstić information content (AvgIpc) is 2.83. The Morgan fingerprint density at radius 3 is 2.95 bits per heavy atom. The third kappa shape index (κ3) is 3.31. The highest BCUT2D eigenvalue weighted by atomic mass is 32.2. The van der Waals surface area contributed by atoms with Gasteiger partial charge in [-0.05, 0) is 31.6 Å². The quantitative estimate of drug-likeness (QED) is 0.644. The number of nitrogens with zero attached hydrogens (tertiary/aromatic N) is 1. The third-order valence-corrected chi connectivity index (χ3v) is 5.06. The van der Waals surface area contributed by atoms with Crippen molar-refractivity contribution in [1.29, 1.82) is 0 Å². The molecule has 0 amide bonds. The summed E-state index contributed by atoms with van der Waals surface area (Å²) in [5.41, 5.74) is 1.10. The smallest absolute Gasteiger partial charge is 0.272 e. The van der Waals surface area contributed by atoms with Crippen molar-refractivity contribution in [2.45, 2.75) is 31.9 Å². The molecule has 2 atom stereocenters. The summed E-state index contributed by atoms with van der Waals surface area (Å²) in [6.45, 7) is 4.26. The van der Waals surface area contributed by atoms with Crippen LogP contribution in [0.2, 0.25) is 0 Å². The Morgan fingerprint density at radius 2 is 2.35 bits per heavy atom. The van der Waals surface area contributed by atoms with Gasteiger partial charge in [0.05, 0.1) is 10.5 Å². The van der Waals surface area contributed by atoms with Gasteiger partial charge >= 0.3 is 0 Å². The van der Waals surface area contributed by atoms with Crippen molar-refractivity contribution < 1.29 is 10.0 Å². The summed E-state index contributed by atoms with van der Waals surface area (Å²) in [6, 6.07) is 5.10. The SMILES string of the molecule is Cc1c(C(C)NCC2(O)CCSC2)cccc1[N+](=O)[O-]. The van der Waals surface area contributed by atoms with Crippen molar-refractivity contribution in [3.63, 3.8) is 0 Å². The van der Waals surface area contributed by atoms with Crippen LogP contribution in [0.15, 0.2) is 18.2 Å². The molecular weight excluding hydrogens is 276 g/mol. The molecule has 2 rings (SSSR count). The van der Waals surface area contributed by atoms with Gasteiger partial charge in [0, 0.05) is 30.0 Å². The van der Waals surface area contributed by atoms with Crippen LogP contribution in [0.4, 0.5) is 5.69 Å². The van der Waals surface area contributed by atoms with Gasteiger partial charge in [0.2, 0.25) is 0 Å². The van der Waals surface area contributed by atoms with Crippen LogP contribution in [0.25, 0.3) is 0 Å². The topological polar surface area (TPSA) is 75.4 Å². The molecule has 110 valence electrons. The van der Waals surface area contributed by atoms with Crippen LogP contribution in [-0.4, -0.2) is 33.7 Å². The maximum Gasteiger partial charge on any atom is 0.272 e. The molecule has 0 bridgehead atoms. The molecule has 2 unspecified atom stereocenters. The number of nitro groups is 1. The Morgan fingerprint density at radius 1 is 1.60 bits per heavy atom. The molecule has 1 aliphatic rings. The lowest BCUT2D eigenvalue weighted by molar-refractivity contribution is -0.385. The summed E-state index contributed by atoms with van der Waals surface area (Å²) >= 11 is 1.76. The molecule has 1 fully saturated rings. The second-order valence-electron chi connectivity index (χ2n) is 5.38. The highest BCUT2D eigenvalue weighted by Crippen LogP contribution is 2.29. The predicted octanol–water partition coefficient (Wildman–Crippen LogP) is 2.42. The molecule has 0 radical (unpaired) electrons. The summed E-state index contributed by atoms with van der Waals surface area (Å²) < 4.78 is 0. The molecule has 2 N–H and O–H groups in total. The summed E-state index contributed by atoms with van der Waals surface area (Å²) in [6.07, 6.45) is 0.797. The molecule has 1 saturated heterocycles. The maximum absolute atomic E-state index is 11.0. The van der Waals surface area contributed by atoms with E-state index in [9.17, 15) is 15.2 Å². The lowest BCUT2D eigenvalue weighted by Crippen LogP contribution is -2.41. The van der Waals surface area contributed by atoms with Gasteiger partial charge in [0.1, 0.15) is 0 Å². The van der Waals surface area contributed by atoms with Crippen molar-refractivity contribution in [3.8, 4) is 0 Å². The van der Waals surface area contributed by atoms with Gasteiger partial charge in [-0.3, -0.25) is 10.1 Å². The second-order valence-corrected chi connectivity index (χ2v) is 6.48. The Labute approximate surface area is 122 Å². The molecule has 6 heteroatoms. The van der Waals surface area contributed by atoms with Crippen LogP contribution in [0.3, 0.4) is 0 Å². The van der Waals surface area contributed by atoms with Crippen LogP contribution >= 0.6 is 11.8 Å². The first kappa shape index (κ1) is 15.3. The van der Waals surface area contributed by atoms with E-state index in [1.54, 1.807) is 24.8 Å². The van der Waals surface area contributed by atoms with Crippen LogP contribution < -0.4 is 5.32 Å². The van der Waals surface area contributed by atoms with Crippen LogP contribution in [-0.2, 0) is 0 Å². The average molecular weight is 296 g/mol. The minimum absolute atomic E-state index is 0.0236. The van der Waals surface area contributed by atoms with E-state index in [4.69, 9.17) is 0 Å². The first-order valence-electron chi connectivity index (χ1n) is 6.70. The number of hydrogen-bond donors (Lipinski definition) is 2. The fourth-order valence-electron chi connectivity index (χ4n) is 2.50. The van der Waals surface area contributed by atoms with Gasteiger partial charge in [-0.15, -0.1) is 0 Å². The number of rotatable bonds is 5. The molecule has 0 saturated carbocycles. The van der Waals surface area contributed by atoms with E-state index in [-0.39, 0.29) is 16.7 Å². The highest BCUT2D eigenvalue weighted by molar-refractivity contribution is 7.99.